The summed E-state index contributed by atoms with van der Waals surface area (Å²) in [5, 5.41) is 14.7. The maximum absolute atomic E-state index is 7.30. The van der Waals surface area contributed by atoms with Crippen LogP contribution in [-0.2, 0) is 11.8 Å². The molecule has 1 N–H and O–H groups in total. The standard InChI is InChI=1S/C6H10N4O/c1-3-11-6(7)5-4-10(2)9-8-5/h4,7H,3H2,1-2H3. The molecule has 1 aromatic heterocycles. The zero-order valence-electron chi connectivity index (χ0n) is 6.53. The van der Waals surface area contributed by atoms with Gasteiger partial charge in [0.2, 0.25) is 5.90 Å². The molecule has 0 radical (unpaired) electrons. The number of aromatic nitrogens is 3. The average molecular weight is 154 g/mol. The summed E-state index contributed by atoms with van der Waals surface area (Å²) < 4.78 is 6.44. The van der Waals surface area contributed by atoms with Crippen LogP contribution in [0.1, 0.15) is 12.6 Å². The Balaban J connectivity index is 2.69. The van der Waals surface area contributed by atoms with E-state index in [1.54, 1.807) is 13.2 Å². The molecule has 1 heterocycles. The van der Waals surface area contributed by atoms with Gasteiger partial charge in [0.05, 0.1) is 12.8 Å². The normalized spacial score (nSPS) is 9.64. The SMILES string of the molecule is CCOC(=N)c1cn(C)nn1. The fourth-order valence-corrected chi connectivity index (χ4v) is 0.670. The smallest absolute Gasteiger partial charge is 0.236 e. The molecule has 5 nitrogen and oxygen atoms in total. The minimum Gasteiger partial charge on any atom is -0.477 e. The predicted octanol–water partition coefficient (Wildman–Crippen LogP) is 0.177. The summed E-state index contributed by atoms with van der Waals surface area (Å²) in [5.41, 5.74) is 0.467. The van der Waals surface area contributed by atoms with Crippen LogP contribution in [0.2, 0.25) is 0 Å². The minimum atomic E-state index is 0.0700. The summed E-state index contributed by atoms with van der Waals surface area (Å²) in [5.74, 6) is 0.0700. The Morgan fingerprint density at radius 2 is 2.55 bits per heavy atom. The number of nitrogens with one attached hydrogen (secondary N) is 1. The zero-order chi connectivity index (χ0) is 8.27. The van der Waals surface area contributed by atoms with E-state index in [1.807, 2.05) is 6.92 Å². The van der Waals surface area contributed by atoms with E-state index in [-0.39, 0.29) is 5.90 Å². The molecule has 0 fully saturated rings. The molecule has 0 aliphatic rings. The molecule has 0 atom stereocenters. The van der Waals surface area contributed by atoms with Crippen LogP contribution < -0.4 is 0 Å². The number of nitrogens with zero attached hydrogens (tertiary/aromatic N) is 3. The lowest BCUT2D eigenvalue weighted by Crippen LogP contribution is -2.04. The van der Waals surface area contributed by atoms with Crippen LogP contribution in [0.25, 0.3) is 0 Å². The highest BCUT2D eigenvalue weighted by Gasteiger charge is 2.04. The van der Waals surface area contributed by atoms with Gasteiger partial charge in [-0.25, -0.2) is 0 Å². The summed E-state index contributed by atoms with van der Waals surface area (Å²) in [6, 6.07) is 0. The van der Waals surface area contributed by atoms with E-state index < -0.39 is 0 Å². The lowest BCUT2D eigenvalue weighted by atomic mass is 10.5. The average Bonchev–Trinajstić information content (AvgIpc) is 2.36. The van der Waals surface area contributed by atoms with Crippen LogP contribution in [0.4, 0.5) is 0 Å². The predicted molar refractivity (Wildman–Crippen MR) is 39.5 cm³/mol. The van der Waals surface area contributed by atoms with Crippen LogP contribution in [0, 0.1) is 5.41 Å². The van der Waals surface area contributed by atoms with Crippen molar-refractivity contribution in [3.63, 3.8) is 0 Å². The van der Waals surface area contributed by atoms with Crippen molar-refractivity contribution in [2.24, 2.45) is 7.05 Å². The molecule has 0 bridgehead atoms. The number of ether oxygens (including phenoxy) is 1. The second-order valence-electron chi connectivity index (χ2n) is 2.04. The molecule has 11 heavy (non-hydrogen) atoms. The first kappa shape index (κ1) is 7.71. The van der Waals surface area contributed by atoms with E-state index >= 15 is 0 Å². The third-order valence-electron chi connectivity index (χ3n) is 1.12. The third kappa shape index (κ3) is 1.76. The molecule has 0 unspecified atom stereocenters. The summed E-state index contributed by atoms with van der Waals surface area (Å²) in [6.07, 6.45) is 1.64. The zero-order valence-corrected chi connectivity index (χ0v) is 6.53. The van der Waals surface area contributed by atoms with Crippen molar-refractivity contribution >= 4 is 5.90 Å². The van der Waals surface area contributed by atoms with E-state index in [0.29, 0.717) is 12.3 Å². The lowest BCUT2D eigenvalue weighted by Gasteiger charge is -1.98. The number of aryl methyl sites for hydroxylation is 1. The highest BCUT2D eigenvalue weighted by atomic mass is 16.5. The number of rotatable bonds is 2. The fraction of sp³-hybridized carbons (Fsp3) is 0.500. The molecule has 60 valence electrons. The summed E-state index contributed by atoms with van der Waals surface area (Å²) in [6.45, 7) is 2.31. The van der Waals surface area contributed by atoms with Crippen molar-refractivity contribution in [3.8, 4) is 0 Å². The van der Waals surface area contributed by atoms with E-state index in [0.717, 1.165) is 0 Å². The molecule has 0 aliphatic heterocycles. The molecule has 0 saturated carbocycles. The molecule has 0 aliphatic carbocycles. The maximum atomic E-state index is 7.30. The second kappa shape index (κ2) is 3.14. The number of hydrogen-bond acceptors (Lipinski definition) is 4. The lowest BCUT2D eigenvalue weighted by molar-refractivity contribution is 0.324. The third-order valence-corrected chi connectivity index (χ3v) is 1.12. The first-order chi connectivity index (χ1) is 5.24. The molecule has 1 aromatic rings. The quantitative estimate of drug-likeness (QED) is 0.488. The minimum absolute atomic E-state index is 0.0700. The van der Waals surface area contributed by atoms with Crippen molar-refractivity contribution in [2.75, 3.05) is 6.61 Å². The van der Waals surface area contributed by atoms with Gasteiger partial charge in [-0.1, -0.05) is 5.21 Å². The fourth-order valence-electron chi connectivity index (χ4n) is 0.670. The van der Waals surface area contributed by atoms with Gasteiger partial charge in [-0.2, -0.15) is 0 Å². The van der Waals surface area contributed by atoms with Gasteiger partial charge < -0.3 is 4.74 Å². The maximum Gasteiger partial charge on any atom is 0.236 e. The first-order valence-electron chi connectivity index (χ1n) is 3.32. The Morgan fingerprint density at radius 3 is 3.00 bits per heavy atom. The molecule has 5 heteroatoms. The van der Waals surface area contributed by atoms with Gasteiger partial charge in [-0.15, -0.1) is 5.10 Å². The summed E-state index contributed by atoms with van der Waals surface area (Å²) in [4.78, 5) is 0. The Labute approximate surface area is 64.5 Å². The topological polar surface area (TPSA) is 63.8 Å². The van der Waals surface area contributed by atoms with Crippen molar-refractivity contribution in [1.29, 1.82) is 5.41 Å². The van der Waals surface area contributed by atoms with Gasteiger partial charge in [-0.3, -0.25) is 10.1 Å². The van der Waals surface area contributed by atoms with Gasteiger partial charge in [0.25, 0.3) is 0 Å². The van der Waals surface area contributed by atoms with Gasteiger partial charge in [0, 0.05) is 7.05 Å². The monoisotopic (exact) mass is 154 g/mol. The van der Waals surface area contributed by atoms with Gasteiger partial charge in [0.15, 0.2) is 5.69 Å². The molecule has 1 rings (SSSR count). The van der Waals surface area contributed by atoms with Crippen LogP contribution in [0.3, 0.4) is 0 Å². The van der Waals surface area contributed by atoms with E-state index in [2.05, 4.69) is 10.3 Å². The Bertz CT molecular complexity index is 255. The van der Waals surface area contributed by atoms with Crippen LogP contribution in [0.5, 0.6) is 0 Å². The van der Waals surface area contributed by atoms with E-state index in [4.69, 9.17) is 10.1 Å². The van der Waals surface area contributed by atoms with Crippen LogP contribution in [0.15, 0.2) is 6.20 Å². The van der Waals surface area contributed by atoms with Crippen LogP contribution in [-0.4, -0.2) is 27.5 Å². The molecule has 0 saturated heterocycles. The highest BCUT2D eigenvalue weighted by Crippen LogP contribution is 1.93. The van der Waals surface area contributed by atoms with E-state index in [9.17, 15) is 0 Å². The largest absolute Gasteiger partial charge is 0.477 e. The summed E-state index contributed by atoms with van der Waals surface area (Å²) >= 11 is 0. The van der Waals surface area contributed by atoms with Crippen LogP contribution >= 0.6 is 0 Å². The molecule has 0 spiro atoms. The van der Waals surface area contributed by atoms with Crippen molar-refractivity contribution in [2.45, 2.75) is 6.92 Å². The molecular weight excluding hydrogens is 144 g/mol. The Morgan fingerprint density at radius 1 is 1.82 bits per heavy atom. The molecule has 0 aromatic carbocycles. The van der Waals surface area contributed by atoms with E-state index in [1.165, 1.54) is 4.68 Å². The number of hydrogen-bond donors (Lipinski definition) is 1. The van der Waals surface area contributed by atoms with Gasteiger partial charge in [0.1, 0.15) is 0 Å². The molecule has 0 amide bonds. The second-order valence-corrected chi connectivity index (χ2v) is 2.04. The summed E-state index contributed by atoms with van der Waals surface area (Å²) in [7, 11) is 1.75. The van der Waals surface area contributed by atoms with Gasteiger partial charge in [-0.05, 0) is 6.92 Å². The van der Waals surface area contributed by atoms with Crippen molar-refractivity contribution < 1.29 is 4.74 Å². The first-order valence-corrected chi connectivity index (χ1v) is 3.32. The Kier molecular flexibility index (Phi) is 2.20. The highest BCUT2D eigenvalue weighted by molar-refractivity contribution is 5.88. The Hall–Kier alpha value is -1.39. The van der Waals surface area contributed by atoms with Crippen molar-refractivity contribution in [1.82, 2.24) is 15.0 Å². The van der Waals surface area contributed by atoms with Gasteiger partial charge >= 0.3 is 0 Å². The molecular formula is C6H10N4O. The van der Waals surface area contributed by atoms with Crippen molar-refractivity contribution in [3.05, 3.63) is 11.9 Å².